The molecule has 0 bridgehead atoms. The first-order valence-electron chi connectivity index (χ1n) is 13.7. The summed E-state index contributed by atoms with van der Waals surface area (Å²) in [4.78, 5) is 22.7. The zero-order chi connectivity index (χ0) is 29.1. The van der Waals surface area contributed by atoms with Crippen LogP contribution in [0.2, 0.25) is 5.02 Å². The molecule has 216 valence electrons. The van der Waals surface area contributed by atoms with Crippen molar-refractivity contribution in [1.29, 1.82) is 0 Å². The number of fused-ring (bicyclic) bond motifs is 2. The number of ether oxygens (including phenoxy) is 1. The fraction of sp³-hybridized carbons (Fsp3) is 0.333. The Labute approximate surface area is 250 Å². The average Bonchev–Trinajstić information content (AvgIpc) is 3.45. The molecule has 4 aromatic rings. The van der Waals surface area contributed by atoms with E-state index in [1.807, 2.05) is 24.3 Å². The fourth-order valence-electron chi connectivity index (χ4n) is 5.09. The number of methoxy groups -OCH3 is 1. The number of aromatic nitrogens is 1. The van der Waals surface area contributed by atoms with E-state index >= 15 is 0 Å². The quantitative estimate of drug-likeness (QED) is 0.216. The number of aryl methyl sites for hydroxylation is 1. The molecular formula is C30H33ClN4O4S2. The number of halogens is 1. The number of amides is 1. The van der Waals surface area contributed by atoms with E-state index in [9.17, 15) is 13.2 Å². The van der Waals surface area contributed by atoms with Crippen LogP contribution in [0.4, 0.5) is 10.8 Å². The normalized spacial score (nSPS) is 13.4. The number of carbonyl (C=O) groups is 1. The lowest BCUT2D eigenvalue weighted by Gasteiger charge is -2.30. The molecule has 0 saturated heterocycles. The first-order chi connectivity index (χ1) is 19.8. The highest BCUT2D eigenvalue weighted by Crippen LogP contribution is 2.39. The number of carbonyl (C=O) groups excluding carboxylic acids is 1. The highest BCUT2D eigenvalue weighted by molar-refractivity contribution is 7.92. The lowest BCUT2D eigenvalue weighted by molar-refractivity contribution is 0.0983. The fourth-order valence-corrected chi connectivity index (χ4v) is 7.91. The first kappa shape index (κ1) is 29.3. The van der Waals surface area contributed by atoms with Crippen LogP contribution < -0.4 is 13.9 Å². The van der Waals surface area contributed by atoms with Gasteiger partial charge >= 0.3 is 0 Å². The predicted octanol–water partition coefficient (Wildman–Crippen LogP) is 6.09. The van der Waals surface area contributed by atoms with Crippen LogP contribution in [0.15, 0.2) is 65.6 Å². The van der Waals surface area contributed by atoms with E-state index in [0.717, 1.165) is 36.2 Å². The van der Waals surface area contributed by atoms with Crippen molar-refractivity contribution < 1.29 is 17.9 Å². The van der Waals surface area contributed by atoms with Gasteiger partial charge in [-0.05, 0) is 74.0 Å². The van der Waals surface area contributed by atoms with Crippen LogP contribution in [0, 0.1) is 0 Å². The van der Waals surface area contributed by atoms with Crippen LogP contribution >= 0.6 is 22.9 Å². The van der Waals surface area contributed by atoms with Crippen molar-refractivity contribution in [3.05, 3.63) is 76.8 Å². The second kappa shape index (κ2) is 12.4. The molecule has 0 aliphatic carbocycles. The van der Waals surface area contributed by atoms with E-state index in [-0.39, 0.29) is 10.8 Å². The van der Waals surface area contributed by atoms with Gasteiger partial charge in [-0.15, -0.1) is 0 Å². The van der Waals surface area contributed by atoms with Gasteiger partial charge in [0, 0.05) is 25.2 Å². The molecule has 41 heavy (non-hydrogen) atoms. The van der Waals surface area contributed by atoms with E-state index in [1.165, 1.54) is 27.8 Å². The number of nitrogens with zero attached hydrogens (tertiary/aromatic N) is 4. The van der Waals surface area contributed by atoms with Gasteiger partial charge in [-0.2, -0.15) is 0 Å². The predicted molar refractivity (Wildman–Crippen MR) is 166 cm³/mol. The highest BCUT2D eigenvalue weighted by atomic mass is 35.5. The largest absolute Gasteiger partial charge is 0.494 e. The van der Waals surface area contributed by atoms with E-state index in [2.05, 4.69) is 18.7 Å². The molecule has 1 amide bonds. The molecule has 8 nitrogen and oxygen atoms in total. The standard InChI is InChI=1S/C30H33ClN4O4S2/c1-4-33(5-2)19-20-34(30-32-27-26(39-3)17-16-24(31)28(27)40-30)29(36)22-12-14-23(15-13-22)41(37,38)35-18-8-10-21-9-6-7-11-25(21)35/h6-7,9,11-17H,4-5,8,10,18-20H2,1-3H3. The molecule has 11 heteroatoms. The number of hydrogen-bond donors (Lipinski definition) is 0. The maximum absolute atomic E-state index is 13.9. The zero-order valence-electron chi connectivity index (χ0n) is 23.3. The van der Waals surface area contributed by atoms with Crippen molar-refractivity contribution in [2.75, 3.05) is 49.0 Å². The molecule has 0 radical (unpaired) electrons. The molecule has 0 atom stereocenters. The minimum absolute atomic E-state index is 0.150. The van der Waals surface area contributed by atoms with Crippen LogP contribution in [-0.4, -0.2) is 64.0 Å². The van der Waals surface area contributed by atoms with Crippen LogP contribution in [-0.2, 0) is 16.4 Å². The third-order valence-corrected chi connectivity index (χ3v) is 10.8. The Balaban J connectivity index is 1.47. The number of hydrogen-bond acceptors (Lipinski definition) is 7. The van der Waals surface area contributed by atoms with Crippen molar-refractivity contribution in [2.45, 2.75) is 31.6 Å². The van der Waals surface area contributed by atoms with Crippen LogP contribution in [0.25, 0.3) is 10.2 Å². The van der Waals surface area contributed by atoms with Crippen molar-refractivity contribution in [1.82, 2.24) is 9.88 Å². The Kier molecular flexibility index (Phi) is 8.84. The summed E-state index contributed by atoms with van der Waals surface area (Å²) < 4.78 is 34.9. The molecule has 5 rings (SSSR count). The van der Waals surface area contributed by atoms with Gasteiger partial charge in [0.15, 0.2) is 5.13 Å². The van der Waals surface area contributed by atoms with Crippen LogP contribution in [0.5, 0.6) is 5.75 Å². The Hall–Kier alpha value is -3.18. The number of likely N-dealkylation sites (N-methyl/N-ethyl adjacent to an activating group) is 1. The molecule has 0 spiro atoms. The summed E-state index contributed by atoms with van der Waals surface area (Å²) in [6.45, 7) is 7.35. The molecule has 2 heterocycles. The van der Waals surface area contributed by atoms with Gasteiger partial charge in [0.2, 0.25) is 0 Å². The Morgan fingerprint density at radius 3 is 2.49 bits per heavy atom. The summed E-state index contributed by atoms with van der Waals surface area (Å²) >= 11 is 7.80. The molecule has 0 fully saturated rings. The van der Waals surface area contributed by atoms with Crippen molar-refractivity contribution in [3.63, 3.8) is 0 Å². The molecule has 1 aliphatic heterocycles. The van der Waals surface area contributed by atoms with E-state index in [0.29, 0.717) is 52.3 Å². The number of sulfonamides is 1. The topological polar surface area (TPSA) is 83.1 Å². The second-order valence-corrected chi connectivity index (χ2v) is 13.0. The number of para-hydroxylation sites is 1. The minimum Gasteiger partial charge on any atom is -0.494 e. The van der Waals surface area contributed by atoms with E-state index < -0.39 is 10.0 Å². The Morgan fingerprint density at radius 1 is 1.05 bits per heavy atom. The van der Waals surface area contributed by atoms with Crippen LogP contribution in [0.1, 0.15) is 36.2 Å². The van der Waals surface area contributed by atoms with Gasteiger partial charge in [0.1, 0.15) is 11.3 Å². The van der Waals surface area contributed by atoms with Gasteiger partial charge in [-0.25, -0.2) is 13.4 Å². The third kappa shape index (κ3) is 5.79. The monoisotopic (exact) mass is 612 g/mol. The van der Waals surface area contributed by atoms with Crippen molar-refractivity contribution in [3.8, 4) is 5.75 Å². The van der Waals surface area contributed by atoms with Gasteiger partial charge in [-0.3, -0.25) is 14.0 Å². The maximum atomic E-state index is 13.9. The summed E-state index contributed by atoms with van der Waals surface area (Å²) in [7, 11) is -2.21. The highest BCUT2D eigenvalue weighted by Gasteiger charge is 2.30. The summed E-state index contributed by atoms with van der Waals surface area (Å²) in [6, 6.07) is 17.3. The van der Waals surface area contributed by atoms with Gasteiger partial charge in [0.25, 0.3) is 15.9 Å². The molecule has 1 aliphatic rings. The van der Waals surface area contributed by atoms with Crippen molar-refractivity contribution >= 4 is 59.9 Å². The SMILES string of the molecule is CCN(CC)CCN(C(=O)c1ccc(S(=O)(=O)N2CCCc3ccccc32)cc1)c1nc2c(OC)ccc(Cl)c2s1. The third-order valence-electron chi connectivity index (χ3n) is 7.43. The van der Waals surface area contributed by atoms with Crippen LogP contribution in [0.3, 0.4) is 0 Å². The molecular weight excluding hydrogens is 580 g/mol. The number of thiazole rings is 1. The zero-order valence-corrected chi connectivity index (χ0v) is 25.7. The Morgan fingerprint density at radius 2 is 1.78 bits per heavy atom. The molecule has 0 saturated carbocycles. The summed E-state index contributed by atoms with van der Waals surface area (Å²) in [5, 5.41) is 1.04. The molecule has 1 aromatic heterocycles. The minimum atomic E-state index is -3.79. The molecule has 0 unspecified atom stereocenters. The number of anilines is 2. The second-order valence-electron chi connectivity index (χ2n) is 9.74. The Bertz CT molecular complexity index is 1650. The maximum Gasteiger partial charge on any atom is 0.264 e. The number of rotatable bonds is 10. The van der Waals surface area contributed by atoms with Gasteiger partial charge in [0.05, 0.1) is 27.4 Å². The van der Waals surface area contributed by atoms with Gasteiger partial charge < -0.3 is 9.64 Å². The molecule has 0 N–H and O–H groups in total. The van der Waals surface area contributed by atoms with Gasteiger partial charge in [-0.1, -0.05) is 55.0 Å². The summed E-state index contributed by atoms with van der Waals surface area (Å²) in [5.41, 5.74) is 2.71. The number of benzene rings is 3. The summed E-state index contributed by atoms with van der Waals surface area (Å²) in [6.07, 6.45) is 1.60. The average molecular weight is 613 g/mol. The van der Waals surface area contributed by atoms with E-state index in [1.54, 1.807) is 36.3 Å². The summed E-state index contributed by atoms with van der Waals surface area (Å²) in [5.74, 6) is 0.315. The smallest absolute Gasteiger partial charge is 0.264 e. The lowest BCUT2D eigenvalue weighted by Crippen LogP contribution is -2.39. The molecule has 3 aromatic carbocycles. The van der Waals surface area contributed by atoms with E-state index in [4.69, 9.17) is 21.3 Å². The first-order valence-corrected chi connectivity index (χ1v) is 16.3. The lowest BCUT2D eigenvalue weighted by atomic mass is 10.0. The van der Waals surface area contributed by atoms with Crippen molar-refractivity contribution in [2.24, 2.45) is 0 Å².